The summed E-state index contributed by atoms with van der Waals surface area (Å²) in [7, 11) is 0. The zero-order valence-electron chi connectivity index (χ0n) is 8.54. The lowest BCUT2D eigenvalue weighted by molar-refractivity contribution is -0.160. The van der Waals surface area contributed by atoms with Crippen LogP contribution in [-0.2, 0) is 14.3 Å². The molecule has 0 radical (unpaired) electrons. The number of fused-ring (bicyclic) bond motifs is 1. The predicted octanol–water partition coefficient (Wildman–Crippen LogP) is 0.318. The molecule has 2 aliphatic rings. The van der Waals surface area contributed by atoms with Gasteiger partial charge in [-0.1, -0.05) is 0 Å². The van der Waals surface area contributed by atoms with E-state index < -0.39 is 5.41 Å². The van der Waals surface area contributed by atoms with Gasteiger partial charge < -0.3 is 14.8 Å². The van der Waals surface area contributed by atoms with Crippen molar-refractivity contribution < 1.29 is 14.3 Å². The van der Waals surface area contributed by atoms with Crippen molar-refractivity contribution in [1.29, 1.82) is 0 Å². The summed E-state index contributed by atoms with van der Waals surface area (Å²) in [5, 5.41) is 3.26. The molecule has 14 heavy (non-hydrogen) atoms. The van der Waals surface area contributed by atoms with Crippen molar-refractivity contribution in [2.75, 3.05) is 26.3 Å². The van der Waals surface area contributed by atoms with Gasteiger partial charge in [0.1, 0.15) is 5.41 Å². The topological polar surface area (TPSA) is 47.6 Å². The van der Waals surface area contributed by atoms with E-state index in [1.165, 1.54) is 0 Å². The van der Waals surface area contributed by atoms with Crippen molar-refractivity contribution >= 4 is 5.97 Å². The third-order valence-electron chi connectivity index (χ3n) is 3.19. The molecule has 80 valence electrons. The second-order valence-corrected chi connectivity index (χ2v) is 3.95. The first-order valence-electron chi connectivity index (χ1n) is 5.29. The van der Waals surface area contributed by atoms with Crippen LogP contribution in [0.15, 0.2) is 0 Å². The summed E-state index contributed by atoms with van der Waals surface area (Å²) >= 11 is 0. The molecule has 0 aromatic rings. The van der Waals surface area contributed by atoms with Gasteiger partial charge in [-0.3, -0.25) is 4.79 Å². The van der Waals surface area contributed by atoms with Gasteiger partial charge in [0.2, 0.25) is 0 Å². The summed E-state index contributed by atoms with van der Waals surface area (Å²) in [5.41, 5.74) is -0.395. The molecular weight excluding hydrogens is 182 g/mol. The fourth-order valence-electron chi connectivity index (χ4n) is 2.39. The summed E-state index contributed by atoms with van der Waals surface area (Å²) in [4.78, 5) is 11.9. The number of ether oxygens (including phenoxy) is 2. The molecule has 2 saturated heterocycles. The van der Waals surface area contributed by atoms with Gasteiger partial charge in [-0.2, -0.15) is 0 Å². The molecule has 2 rings (SSSR count). The third-order valence-corrected chi connectivity index (χ3v) is 3.19. The minimum absolute atomic E-state index is 0.0720. The monoisotopic (exact) mass is 199 g/mol. The molecule has 0 amide bonds. The summed E-state index contributed by atoms with van der Waals surface area (Å²) in [5.74, 6) is -0.0882. The molecule has 2 atom stereocenters. The highest BCUT2D eigenvalue weighted by Gasteiger charge is 2.52. The fourth-order valence-corrected chi connectivity index (χ4v) is 2.39. The second-order valence-electron chi connectivity index (χ2n) is 3.95. The molecule has 0 saturated carbocycles. The van der Waals surface area contributed by atoms with Crippen LogP contribution in [0.2, 0.25) is 0 Å². The zero-order chi connectivity index (χ0) is 10.0. The summed E-state index contributed by atoms with van der Waals surface area (Å²) < 4.78 is 10.7. The molecule has 1 N–H and O–H groups in total. The Labute approximate surface area is 84.0 Å². The standard InChI is InChI=1S/C10H17NO3/c1-2-13-9(12)10-4-6-14-8(10)3-5-11-7-10/h8,11H,2-7H2,1H3. The Balaban J connectivity index is 2.13. The van der Waals surface area contributed by atoms with Crippen molar-refractivity contribution in [3.8, 4) is 0 Å². The Morgan fingerprint density at radius 1 is 1.71 bits per heavy atom. The predicted molar refractivity (Wildman–Crippen MR) is 50.9 cm³/mol. The number of nitrogens with one attached hydrogen (secondary N) is 1. The van der Waals surface area contributed by atoms with Crippen LogP contribution in [0.5, 0.6) is 0 Å². The minimum Gasteiger partial charge on any atom is -0.465 e. The lowest BCUT2D eigenvalue weighted by Gasteiger charge is -2.35. The van der Waals surface area contributed by atoms with Crippen LogP contribution in [0.4, 0.5) is 0 Å². The first-order chi connectivity index (χ1) is 6.79. The summed E-state index contributed by atoms with van der Waals surface area (Å²) in [6.07, 6.45) is 1.78. The van der Waals surface area contributed by atoms with E-state index in [2.05, 4.69) is 5.32 Å². The van der Waals surface area contributed by atoms with E-state index in [1.807, 2.05) is 6.92 Å². The Kier molecular flexibility index (Phi) is 2.74. The van der Waals surface area contributed by atoms with Crippen molar-refractivity contribution in [3.63, 3.8) is 0 Å². The van der Waals surface area contributed by atoms with Crippen LogP contribution in [0, 0.1) is 5.41 Å². The molecular formula is C10H17NO3. The average molecular weight is 199 g/mol. The Bertz CT molecular complexity index is 231. The third kappa shape index (κ3) is 1.42. The van der Waals surface area contributed by atoms with Gasteiger partial charge in [-0.15, -0.1) is 0 Å². The quantitative estimate of drug-likeness (QED) is 0.651. The highest BCUT2D eigenvalue weighted by atomic mass is 16.5. The molecule has 2 aliphatic heterocycles. The first-order valence-corrected chi connectivity index (χ1v) is 5.29. The van der Waals surface area contributed by atoms with Crippen LogP contribution in [0.25, 0.3) is 0 Å². The van der Waals surface area contributed by atoms with Crippen LogP contribution >= 0.6 is 0 Å². The fraction of sp³-hybridized carbons (Fsp3) is 0.900. The van der Waals surface area contributed by atoms with Crippen molar-refractivity contribution in [2.24, 2.45) is 5.41 Å². The highest BCUT2D eigenvalue weighted by molar-refractivity contribution is 5.78. The first kappa shape index (κ1) is 9.93. The minimum atomic E-state index is -0.395. The molecule has 0 bridgehead atoms. The van der Waals surface area contributed by atoms with Crippen molar-refractivity contribution in [3.05, 3.63) is 0 Å². The summed E-state index contributed by atoms with van der Waals surface area (Å²) in [6.45, 7) is 4.62. The SMILES string of the molecule is CCOC(=O)C12CCOC1CCNC2. The van der Waals surface area contributed by atoms with Crippen LogP contribution < -0.4 is 5.32 Å². The molecule has 4 nitrogen and oxygen atoms in total. The highest BCUT2D eigenvalue weighted by Crippen LogP contribution is 2.39. The molecule has 2 fully saturated rings. The van der Waals surface area contributed by atoms with E-state index in [1.54, 1.807) is 0 Å². The van der Waals surface area contributed by atoms with E-state index in [-0.39, 0.29) is 12.1 Å². The number of rotatable bonds is 2. The normalized spacial score (nSPS) is 36.5. The van der Waals surface area contributed by atoms with E-state index >= 15 is 0 Å². The molecule has 2 heterocycles. The van der Waals surface area contributed by atoms with E-state index in [0.717, 1.165) is 19.4 Å². The van der Waals surface area contributed by atoms with Gasteiger partial charge in [0.05, 0.1) is 12.7 Å². The summed E-state index contributed by atoms with van der Waals surface area (Å²) in [6, 6.07) is 0. The lowest BCUT2D eigenvalue weighted by Crippen LogP contribution is -2.52. The second kappa shape index (κ2) is 3.87. The van der Waals surface area contributed by atoms with E-state index in [0.29, 0.717) is 19.8 Å². The van der Waals surface area contributed by atoms with Gasteiger partial charge in [-0.25, -0.2) is 0 Å². The van der Waals surface area contributed by atoms with Crippen molar-refractivity contribution in [1.82, 2.24) is 5.32 Å². The molecule has 0 aliphatic carbocycles. The number of hydrogen-bond acceptors (Lipinski definition) is 4. The Morgan fingerprint density at radius 3 is 3.36 bits per heavy atom. The van der Waals surface area contributed by atoms with Gasteiger partial charge in [0, 0.05) is 13.2 Å². The Morgan fingerprint density at radius 2 is 2.57 bits per heavy atom. The molecule has 0 aromatic carbocycles. The molecule has 0 spiro atoms. The number of piperidine rings is 1. The number of hydrogen-bond donors (Lipinski definition) is 1. The zero-order valence-corrected chi connectivity index (χ0v) is 8.54. The van der Waals surface area contributed by atoms with E-state index in [9.17, 15) is 4.79 Å². The Hall–Kier alpha value is -0.610. The maximum absolute atomic E-state index is 11.9. The lowest BCUT2D eigenvalue weighted by atomic mass is 9.77. The largest absolute Gasteiger partial charge is 0.465 e. The van der Waals surface area contributed by atoms with Gasteiger partial charge >= 0.3 is 5.97 Å². The average Bonchev–Trinajstić information content (AvgIpc) is 2.62. The van der Waals surface area contributed by atoms with Gasteiger partial charge in [-0.05, 0) is 26.3 Å². The molecule has 0 aromatic heterocycles. The van der Waals surface area contributed by atoms with Crippen LogP contribution in [-0.4, -0.2) is 38.4 Å². The van der Waals surface area contributed by atoms with Gasteiger partial charge in [0.25, 0.3) is 0 Å². The van der Waals surface area contributed by atoms with E-state index in [4.69, 9.17) is 9.47 Å². The van der Waals surface area contributed by atoms with Crippen LogP contribution in [0.3, 0.4) is 0 Å². The smallest absolute Gasteiger partial charge is 0.316 e. The number of esters is 1. The maximum atomic E-state index is 11.9. The van der Waals surface area contributed by atoms with Gasteiger partial charge in [0.15, 0.2) is 0 Å². The maximum Gasteiger partial charge on any atom is 0.316 e. The number of carbonyl (C=O) groups excluding carboxylic acids is 1. The molecule has 4 heteroatoms. The number of carbonyl (C=O) groups is 1. The van der Waals surface area contributed by atoms with Crippen LogP contribution in [0.1, 0.15) is 19.8 Å². The van der Waals surface area contributed by atoms with Crippen molar-refractivity contribution in [2.45, 2.75) is 25.9 Å². The molecule has 2 unspecified atom stereocenters.